The molecule has 2 aromatic carbocycles. The summed E-state index contributed by atoms with van der Waals surface area (Å²) in [6, 6.07) is 11.4. The lowest BCUT2D eigenvalue weighted by Gasteiger charge is -2.40. The van der Waals surface area contributed by atoms with Crippen LogP contribution in [0.4, 0.5) is 10.1 Å². The van der Waals surface area contributed by atoms with Crippen LogP contribution in [0.25, 0.3) is 0 Å². The number of thiophene rings is 1. The Morgan fingerprint density at radius 1 is 1.18 bits per heavy atom. The minimum atomic E-state index is -4.03. The Hall–Kier alpha value is -2.90. The second kappa shape index (κ2) is 11.5. The van der Waals surface area contributed by atoms with Crippen molar-refractivity contribution in [3.05, 3.63) is 90.9 Å². The van der Waals surface area contributed by atoms with Crippen LogP contribution in [-0.2, 0) is 21.2 Å². The number of hydrogen-bond donors (Lipinski definition) is 0. The van der Waals surface area contributed by atoms with Crippen molar-refractivity contribution in [2.24, 2.45) is 0 Å². The molecule has 1 fully saturated rings. The Morgan fingerprint density at radius 3 is 2.70 bits per heavy atom. The third-order valence-electron chi connectivity index (χ3n) is 7.48. The predicted octanol–water partition coefficient (Wildman–Crippen LogP) is 4.71. The van der Waals surface area contributed by atoms with Crippen molar-refractivity contribution in [1.82, 2.24) is 14.1 Å². The molecule has 2 aliphatic rings. The van der Waals surface area contributed by atoms with Crippen molar-refractivity contribution >= 4 is 44.6 Å². The smallest absolute Gasteiger partial charge is 0.289 e. The first kappa shape index (κ1) is 28.6. The number of carbonyl (C=O) groups is 1. The van der Waals surface area contributed by atoms with Crippen molar-refractivity contribution in [3.8, 4) is 0 Å². The van der Waals surface area contributed by atoms with Gasteiger partial charge in [-0.1, -0.05) is 23.7 Å². The first-order chi connectivity index (χ1) is 19.1. The van der Waals surface area contributed by atoms with E-state index in [2.05, 4.69) is 11.0 Å². The van der Waals surface area contributed by atoms with Crippen molar-refractivity contribution in [1.29, 1.82) is 0 Å². The van der Waals surface area contributed by atoms with Crippen molar-refractivity contribution in [2.45, 2.75) is 36.7 Å². The van der Waals surface area contributed by atoms with Gasteiger partial charge in [-0.15, -0.1) is 11.3 Å². The molecule has 1 saturated heterocycles. The molecule has 9 nitrogen and oxygen atoms in total. The van der Waals surface area contributed by atoms with Crippen LogP contribution in [0.2, 0.25) is 5.02 Å². The summed E-state index contributed by atoms with van der Waals surface area (Å²) in [7, 11) is -4.03. The lowest BCUT2D eigenvalue weighted by atomic mass is 9.93. The van der Waals surface area contributed by atoms with E-state index < -0.39 is 26.7 Å². The van der Waals surface area contributed by atoms with Gasteiger partial charge in [0.15, 0.2) is 0 Å². The van der Waals surface area contributed by atoms with Crippen LogP contribution in [0.1, 0.15) is 35.4 Å². The van der Waals surface area contributed by atoms with Gasteiger partial charge in [-0.2, -0.15) is 4.31 Å². The number of sulfonamides is 1. The van der Waals surface area contributed by atoms with Gasteiger partial charge in [-0.3, -0.25) is 19.8 Å². The number of fused-ring (bicyclic) bond motifs is 1. The quantitative estimate of drug-likeness (QED) is 0.285. The zero-order valence-electron chi connectivity index (χ0n) is 21.7. The van der Waals surface area contributed by atoms with Gasteiger partial charge in [0.2, 0.25) is 15.9 Å². The van der Waals surface area contributed by atoms with E-state index >= 15 is 0 Å². The Kier molecular flexibility index (Phi) is 8.25. The summed E-state index contributed by atoms with van der Waals surface area (Å²) in [4.78, 5) is 28.7. The Balaban J connectivity index is 1.25. The van der Waals surface area contributed by atoms with E-state index in [9.17, 15) is 27.7 Å². The molecule has 0 bridgehead atoms. The molecule has 0 N–H and O–H groups in total. The molecule has 0 spiro atoms. The van der Waals surface area contributed by atoms with Crippen molar-refractivity contribution < 1.29 is 22.5 Å². The number of hydrogen-bond acceptors (Lipinski definition) is 7. The SMILES string of the molecule is C[C@H]1CN(C(=O)CCN2CCc3sccc3[C@@H]2c2cccc(F)c2)CCN1S(=O)(=O)c1ccc(Cl)c([N+](=O)[O-])c1. The molecule has 3 heterocycles. The van der Waals surface area contributed by atoms with Crippen LogP contribution in [-0.4, -0.2) is 72.1 Å². The maximum atomic E-state index is 14.1. The highest BCUT2D eigenvalue weighted by Gasteiger charge is 2.37. The number of nitro groups is 1. The van der Waals surface area contributed by atoms with Gasteiger partial charge in [0, 0.05) is 56.1 Å². The number of benzene rings is 2. The summed E-state index contributed by atoms with van der Waals surface area (Å²) in [5.74, 6) is -0.383. The largest absolute Gasteiger partial charge is 0.340 e. The highest BCUT2D eigenvalue weighted by molar-refractivity contribution is 7.89. The second-order valence-electron chi connectivity index (χ2n) is 9.97. The minimum absolute atomic E-state index is 0.0690. The molecule has 212 valence electrons. The van der Waals surface area contributed by atoms with Crippen LogP contribution in [0.15, 0.2) is 58.8 Å². The van der Waals surface area contributed by atoms with Gasteiger partial charge in [0.1, 0.15) is 10.8 Å². The molecular weight excluding hydrogens is 579 g/mol. The van der Waals surface area contributed by atoms with Gasteiger partial charge in [0.25, 0.3) is 5.69 Å². The number of amides is 1. The molecule has 40 heavy (non-hydrogen) atoms. The van der Waals surface area contributed by atoms with E-state index in [4.69, 9.17) is 11.6 Å². The molecular formula is C27H28ClFN4O5S2. The summed E-state index contributed by atoms with van der Waals surface area (Å²) in [5, 5.41) is 13.1. The van der Waals surface area contributed by atoms with Crippen LogP contribution < -0.4 is 0 Å². The number of nitrogens with zero attached hydrogens (tertiary/aromatic N) is 4. The maximum absolute atomic E-state index is 14.1. The highest BCUT2D eigenvalue weighted by Crippen LogP contribution is 2.38. The van der Waals surface area contributed by atoms with Gasteiger partial charge in [-0.25, -0.2) is 12.8 Å². The lowest BCUT2D eigenvalue weighted by molar-refractivity contribution is -0.384. The predicted molar refractivity (Wildman–Crippen MR) is 150 cm³/mol. The fraction of sp³-hybridized carbons (Fsp3) is 0.370. The average Bonchev–Trinajstić information content (AvgIpc) is 3.40. The molecule has 0 saturated carbocycles. The van der Waals surface area contributed by atoms with Gasteiger partial charge in [0.05, 0.1) is 15.9 Å². The van der Waals surface area contributed by atoms with Crippen LogP contribution in [0.3, 0.4) is 0 Å². The van der Waals surface area contributed by atoms with Crippen LogP contribution >= 0.6 is 22.9 Å². The Morgan fingerprint density at radius 2 is 1.98 bits per heavy atom. The van der Waals surface area contributed by atoms with E-state index in [1.165, 1.54) is 27.4 Å². The van der Waals surface area contributed by atoms with E-state index in [0.717, 1.165) is 30.2 Å². The van der Waals surface area contributed by atoms with Gasteiger partial charge >= 0.3 is 0 Å². The topological polar surface area (TPSA) is 104 Å². The first-order valence-electron chi connectivity index (χ1n) is 12.9. The molecule has 3 aromatic rings. The summed E-state index contributed by atoms with van der Waals surface area (Å²) in [6.45, 7) is 3.42. The molecule has 1 aromatic heterocycles. The summed E-state index contributed by atoms with van der Waals surface area (Å²) >= 11 is 7.54. The monoisotopic (exact) mass is 606 g/mol. The van der Waals surface area contributed by atoms with Gasteiger partial charge in [-0.05, 0) is 60.2 Å². The molecule has 2 atom stereocenters. The van der Waals surface area contributed by atoms with Crippen molar-refractivity contribution in [3.63, 3.8) is 0 Å². The van der Waals surface area contributed by atoms with E-state index in [0.29, 0.717) is 6.54 Å². The van der Waals surface area contributed by atoms with E-state index in [-0.39, 0.29) is 53.7 Å². The fourth-order valence-corrected chi connectivity index (χ4v) is 8.25. The summed E-state index contributed by atoms with van der Waals surface area (Å²) in [6.07, 6.45) is 1.11. The molecule has 0 radical (unpaired) electrons. The zero-order chi connectivity index (χ0) is 28.6. The molecule has 2 aliphatic heterocycles. The molecule has 1 amide bonds. The Labute approximate surface area is 241 Å². The number of piperazine rings is 1. The number of nitro benzene ring substituents is 1. The standard InChI is InChI=1S/C27H28ClFN4O5S2/c1-18-17-31(12-13-32(18)40(37,38)21-5-6-23(28)24(16-21)33(35)36)26(34)8-11-30-10-7-25-22(9-14-39-25)27(30)19-3-2-4-20(29)15-19/h2-6,9,14-16,18,27H,7-8,10-13,17H2,1H3/t18-,27-/m0/s1. The third-order valence-corrected chi connectivity index (χ3v) is 10.8. The maximum Gasteiger partial charge on any atom is 0.289 e. The van der Waals surface area contributed by atoms with Crippen LogP contribution in [0.5, 0.6) is 0 Å². The second-order valence-corrected chi connectivity index (χ2v) is 13.3. The third kappa shape index (κ3) is 5.64. The zero-order valence-corrected chi connectivity index (χ0v) is 24.1. The minimum Gasteiger partial charge on any atom is -0.340 e. The fourth-order valence-electron chi connectivity index (χ4n) is 5.53. The first-order valence-corrected chi connectivity index (χ1v) is 15.6. The molecule has 5 rings (SSSR count). The normalized spacial score (nSPS) is 20.3. The highest BCUT2D eigenvalue weighted by atomic mass is 35.5. The van der Waals surface area contributed by atoms with E-state index in [1.54, 1.807) is 35.3 Å². The van der Waals surface area contributed by atoms with Crippen LogP contribution in [0, 0.1) is 15.9 Å². The number of carbonyl (C=O) groups excluding carboxylic acids is 1. The van der Waals surface area contributed by atoms with E-state index in [1.807, 2.05) is 11.4 Å². The molecule has 13 heteroatoms. The molecule has 0 unspecified atom stereocenters. The van der Waals surface area contributed by atoms with Crippen molar-refractivity contribution in [2.75, 3.05) is 32.7 Å². The van der Waals surface area contributed by atoms with Gasteiger partial charge < -0.3 is 4.90 Å². The Bertz CT molecular complexity index is 1550. The number of halogens is 2. The summed E-state index contributed by atoms with van der Waals surface area (Å²) < 4.78 is 41.9. The average molecular weight is 607 g/mol. The number of rotatable bonds is 7. The molecule has 0 aliphatic carbocycles. The summed E-state index contributed by atoms with van der Waals surface area (Å²) in [5.41, 5.74) is 1.51. The lowest BCUT2D eigenvalue weighted by Crippen LogP contribution is -2.55.